The summed E-state index contributed by atoms with van der Waals surface area (Å²) in [5.41, 5.74) is 0. The maximum Gasteiger partial charge on any atom is 0.326 e. The number of carboxylic acids is 3. The van der Waals surface area contributed by atoms with Gasteiger partial charge in [0.2, 0.25) is 5.91 Å². The van der Waals surface area contributed by atoms with Gasteiger partial charge in [0.05, 0.1) is 12.5 Å². The second-order valence-electron chi connectivity index (χ2n) is 14.7. The summed E-state index contributed by atoms with van der Waals surface area (Å²) in [4.78, 5) is 95.7. The Morgan fingerprint density at radius 1 is 0.472 bits per heavy atom. The number of aliphatic hydroxyl groups is 1. The molecule has 0 aromatic carbocycles. The van der Waals surface area contributed by atoms with E-state index in [9.17, 15) is 53.7 Å². The summed E-state index contributed by atoms with van der Waals surface area (Å²) in [6, 6.07) is -1.42. The highest BCUT2D eigenvalue weighted by Crippen LogP contribution is 2.18. The minimum atomic E-state index is -1.42. The molecule has 0 heterocycles. The molecule has 13 heteroatoms. The lowest BCUT2D eigenvalue weighted by molar-refractivity contribution is -0.145. The van der Waals surface area contributed by atoms with Crippen molar-refractivity contribution < 1.29 is 58.8 Å². The van der Waals surface area contributed by atoms with Crippen LogP contribution in [0.5, 0.6) is 0 Å². The van der Waals surface area contributed by atoms with Gasteiger partial charge < -0.3 is 25.7 Å². The number of hydrogen-bond acceptors (Lipinski definition) is 9. The summed E-state index contributed by atoms with van der Waals surface area (Å²) in [7, 11) is 0. The Kier molecular flexibility index (Phi) is 28.9. The number of rotatable bonds is 37. The number of aliphatic carboxylic acids is 3. The summed E-state index contributed by atoms with van der Waals surface area (Å²) in [6.07, 6.45) is 14.4. The molecule has 0 rings (SSSR count). The SMILES string of the molecule is CC(C)C(=O)CCCC(=O)[C@H](CO)CC(=O)CC[C@H](NC(=O)CC[C@H](CC(=O)CCCCCCCCCCCCCCCCC(=O)O)C(=O)O)C(=O)O. The molecule has 0 fully saturated rings. The van der Waals surface area contributed by atoms with Gasteiger partial charge in [0.25, 0.3) is 0 Å². The van der Waals surface area contributed by atoms with Gasteiger partial charge in [0.1, 0.15) is 29.2 Å². The number of Topliss-reactive ketones (excluding diaryl/α,β-unsaturated/α-hetero) is 4. The van der Waals surface area contributed by atoms with Crippen LogP contribution in [0, 0.1) is 17.8 Å². The van der Waals surface area contributed by atoms with Gasteiger partial charge in [0, 0.05) is 63.2 Å². The summed E-state index contributed by atoms with van der Waals surface area (Å²) in [5, 5.41) is 39.7. The lowest BCUT2D eigenvalue weighted by atomic mass is 9.92. The van der Waals surface area contributed by atoms with Crippen LogP contribution in [0.1, 0.15) is 174 Å². The van der Waals surface area contributed by atoms with E-state index in [1.807, 2.05) is 0 Å². The molecule has 0 aromatic heterocycles. The van der Waals surface area contributed by atoms with E-state index in [1.165, 1.54) is 32.1 Å². The van der Waals surface area contributed by atoms with Crippen molar-refractivity contribution in [3.63, 3.8) is 0 Å². The number of carbonyl (C=O) groups excluding carboxylic acids is 5. The third-order valence-electron chi connectivity index (χ3n) is 9.62. The van der Waals surface area contributed by atoms with Crippen LogP contribution in [-0.2, 0) is 38.4 Å². The second-order valence-corrected chi connectivity index (χ2v) is 14.7. The maximum absolute atomic E-state index is 12.5. The van der Waals surface area contributed by atoms with Crippen molar-refractivity contribution in [2.45, 2.75) is 180 Å². The first-order chi connectivity index (χ1) is 25.2. The Bertz CT molecular complexity index is 1130. The smallest absolute Gasteiger partial charge is 0.326 e. The summed E-state index contributed by atoms with van der Waals surface area (Å²) >= 11 is 0. The molecule has 0 radical (unpaired) electrons. The Morgan fingerprint density at radius 3 is 1.38 bits per heavy atom. The molecule has 0 saturated carbocycles. The van der Waals surface area contributed by atoms with Crippen molar-refractivity contribution in [2.75, 3.05) is 6.61 Å². The van der Waals surface area contributed by atoms with E-state index in [0.717, 1.165) is 51.4 Å². The standard InChI is InChI=1S/C40H67NO12/c1-29(2)35(45)19-17-20-36(46)31(28-42)27-33(44)23-24-34(40(52)53)41-37(47)25-22-30(39(50)51)26-32(43)18-15-13-11-9-7-5-3-4-6-8-10-12-14-16-21-38(48)49/h29-31,34,42H,3-28H2,1-2H3,(H,41,47)(H,48,49)(H,50,51)(H,52,53)/t30-,31+,34+/m1/s1. The molecule has 0 saturated heterocycles. The van der Waals surface area contributed by atoms with Crippen molar-refractivity contribution in [3.05, 3.63) is 0 Å². The molecule has 0 aliphatic rings. The predicted molar refractivity (Wildman–Crippen MR) is 199 cm³/mol. The van der Waals surface area contributed by atoms with Crippen molar-refractivity contribution in [3.8, 4) is 0 Å². The average Bonchev–Trinajstić information content (AvgIpc) is 3.09. The summed E-state index contributed by atoms with van der Waals surface area (Å²) < 4.78 is 0. The quantitative estimate of drug-likeness (QED) is 0.0421. The first kappa shape index (κ1) is 49.5. The topological polar surface area (TPSA) is 230 Å². The third kappa shape index (κ3) is 27.7. The van der Waals surface area contributed by atoms with Gasteiger partial charge in [0.15, 0.2) is 0 Å². The van der Waals surface area contributed by atoms with Crippen LogP contribution in [0.15, 0.2) is 0 Å². The molecule has 304 valence electrons. The van der Waals surface area contributed by atoms with E-state index < -0.39 is 54.1 Å². The lowest BCUT2D eigenvalue weighted by Crippen LogP contribution is -2.41. The lowest BCUT2D eigenvalue weighted by Gasteiger charge is -2.17. The summed E-state index contributed by atoms with van der Waals surface area (Å²) in [6.45, 7) is 2.97. The molecule has 0 aliphatic carbocycles. The van der Waals surface area contributed by atoms with Gasteiger partial charge in [-0.25, -0.2) is 4.79 Å². The Labute approximate surface area is 315 Å². The van der Waals surface area contributed by atoms with Crippen LogP contribution in [0.25, 0.3) is 0 Å². The maximum atomic E-state index is 12.5. The predicted octanol–water partition coefficient (Wildman–Crippen LogP) is 6.63. The molecule has 3 atom stereocenters. The van der Waals surface area contributed by atoms with E-state index in [2.05, 4.69) is 5.32 Å². The van der Waals surface area contributed by atoms with Crippen LogP contribution >= 0.6 is 0 Å². The van der Waals surface area contributed by atoms with Gasteiger partial charge in [-0.05, 0) is 32.1 Å². The number of aliphatic hydroxyl groups excluding tert-OH is 1. The Hall–Kier alpha value is -3.48. The van der Waals surface area contributed by atoms with Crippen molar-refractivity contribution in [1.82, 2.24) is 5.32 Å². The molecular formula is C40H67NO12. The average molecular weight is 754 g/mol. The van der Waals surface area contributed by atoms with Crippen LogP contribution in [0.2, 0.25) is 0 Å². The fourth-order valence-electron chi connectivity index (χ4n) is 6.13. The summed E-state index contributed by atoms with van der Waals surface area (Å²) in [5.74, 6) is -7.18. The molecule has 5 N–H and O–H groups in total. The zero-order chi connectivity index (χ0) is 40.0. The Morgan fingerprint density at radius 2 is 0.925 bits per heavy atom. The van der Waals surface area contributed by atoms with Crippen molar-refractivity contribution in [2.24, 2.45) is 17.8 Å². The highest BCUT2D eigenvalue weighted by Gasteiger charge is 2.26. The fraction of sp³-hybridized carbons (Fsp3) is 0.800. The van der Waals surface area contributed by atoms with Crippen molar-refractivity contribution in [1.29, 1.82) is 0 Å². The van der Waals surface area contributed by atoms with Gasteiger partial charge in [-0.2, -0.15) is 0 Å². The van der Waals surface area contributed by atoms with E-state index in [-0.39, 0.29) is 87.5 Å². The van der Waals surface area contributed by atoms with E-state index >= 15 is 0 Å². The minimum Gasteiger partial charge on any atom is -0.481 e. The van der Waals surface area contributed by atoms with Gasteiger partial charge in [-0.15, -0.1) is 0 Å². The normalized spacial score (nSPS) is 12.9. The zero-order valence-electron chi connectivity index (χ0n) is 32.2. The van der Waals surface area contributed by atoms with Crippen LogP contribution < -0.4 is 5.32 Å². The Balaban J connectivity index is 4.29. The molecule has 0 bridgehead atoms. The van der Waals surface area contributed by atoms with Crippen LogP contribution in [-0.4, -0.2) is 80.0 Å². The molecule has 0 spiro atoms. The molecule has 53 heavy (non-hydrogen) atoms. The second kappa shape index (κ2) is 30.9. The molecule has 0 aliphatic heterocycles. The van der Waals surface area contributed by atoms with Crippen molar-refractivity contribution >= 4 is 46.9 Å². The van der Waals surface area contributed by atoms with Crippen LogP contribution in [0.4, 0.5) is 0 Å². The van der Waals surface area contributed by atoms with Gasteiger partial charge >= 0.3 is 17.9 Å². The monoisotopic (exact) mass is 753 g/mol. The molecule has 0 unspecified atom stereocenters. The number of ketones is 4. The third-order valence-corrected chi connectivity index (χ3v) is 9.62. The minimum absolute atomic E-state index is 0.0194. The molecule has 0 aromatic rings. The first-order valence-corrected chi connectivity index (χ1v) is 19.8. The number of nitrogens with one attached hydrogen (secondary N) is 1. The highest BCUT2D eigenvalue weighted by atomic mass is 16.4. The molecular weight excluding hydrogens is 686 g/mol. The van der Waals surface area contributed by atoms with Gasteiger partial charge in [-0.1, -0.05) is 90.9 Å². The van der Waals surface area contributed by atoms with E-state index in [0.29, 0.717) is 12.8 Å². The number of hydrogen-bond donors (Lipinski definition) is 5. The molecule has 1 amide bonds. The fourth-order valence-corrected chi connectivity index (χ4v) is 6.13. The number of unbranched alkanes of at least 4 members (excludes halogenated alkanes) is 13. The van der Waals surface area contributed by atoms with Crippen LogP contribution in [0.3, 0.4) is 0 Å². The number of carboxylic acid groups (broad SMARTS) is 3. The molecule has 13 nitrogen and oxygen atoms in total. The highest BCUT2D eigenvalue weighted by molar-refractivity contribution is 5.89. The number of carbonyl (C=O) groups is 8. The van der Waals surface area contributed by atoms with Gasteiger partial charge in [-0.3, -0.25) is 33.6 Å². The van der Waals surface area contributed by atoms with E-state index in [1.54, 1.807) is 13.8 Å². The first-order valence-electron chi connectivity index (χ1n) is 19.8. The number of amides is 1. The zero-order valence-corrected chi connectivity index (χ0v) is 32.2. The van der Waals surface area contributed by atoms with E-state index in [4.69, 9.17) is 5.11 Å². The largest absolute Gasteiger partial charge is 0.481 e.